The largest absolute Gasteiger partial charge is 0.431 e. The number of hydrogen-bond acceptors (Lipinski definition) is 5. The van der Waals surface area contributed by atoms with Gasteiger partial charge in [-0.2, -0.15) is 0 Å². The summed E-state index contributed by atoms with van der Waals surface area (Å²) < 4.78 is 10.5. The number of fused-ring (bicyclic) bond motifs is 1. The van der Waals surface area contributed by atoms with Gasteiger partial charge < -0.3 is 14.3 Å². The van der Waals surface area contributed by atoms with E-state index < -0.39 is 18.3 Å². The number of oxime groups is 1. The Labute approximate surface area is 115 Å². The quantitative estimate of drug-likeness (QED) is 0.795. The number of halogens is 1. The first-order chi connectivity index (χ1) is 9.20. The fraction of sp³-hybridized carbons (Fsp3) is 0.385. The zero-order valence-corrected chi connectivity index (χ0v) is 11.0. The van der Waals surface area contributed by atoms with E-state index >= 15 is 0 Å². The molecule has 1 saturated heterocycles. The highest BCUT2D eigenvalue weighted by atomic mass is 35.5. The SMILES string of the molecule is CCO[C@H]1OC(=O)[C@@H]2C(c3ccc(Cl)cc3)=NO[C@@H]12. The van der Waals surface area contributed by atoms with Crippen LogP contribution in [0.5, 0.6) is 0 Å². The fourth-order valence-corrected chi connectivity index (χ4v) is 2.37. The Morgan fingerprint density at radius 2 is 2.11 bits per heavy atom. The summed E-state index contributed by atoms with van der Waals surface area (Å²) >= 11 is 5.84. The Balaban J connectivity index is 1.86. The van der Waals surface area contributed by atoms with Crippen LogP contribution in [-0.2, 0) is 19.1 Å². The fourth-order valence-electron chi connectivity index (χ4n) is 2.24. The number of rotatable bonds is 3. The van der Waals surface area contributed by atoms with Gasteiger partial charge in [0.05, 0.1) is 0 Å². The van der Waals surface area contributed by atoms with Crippen molar-refractivity contribution in [3.8, 4) is 0 Å². The maximum atomic E-state index is 11.9. The number of ether oxygens (including phenoxy) is 2. The Kier molecular flexibility index (Phi) is 3.16. The van der Waals surface area contributed by atoms with Gasteiger partial charge in [0.25, 0.3) is 0 Å². The van der Waals surface area contributed by atoms with Crippen LogP contribution in [0.25, 0.3) is 0 Å². The van der Waals surface area contributed by atoms with Crippen molar-refractivity contribution in [2.24, 2.45) is 11.1 Å². The third kappa shape index (κ3) is 2.09. The minimum atomic E-state index is -0.684. The van der Waals surface area contributed by atoms with Gasteiger partial charge in [0.15, 0.2) is 0 Å². The average molecular weight is 282 g/mol. The van der Waals surface area contributed by atoms with Gasteiger partial charge in [0.1, 0.15) is 11.6 Å². The molecule has 0 N–H and O–H groups in total. The van der Waals surface area contributed by atoms with E-state index in [9.17, 15) is 4.79 Å². The average Bonchev–Trinajstić information content (AvgIpc) is 2.94. The van der Waals surface area contributed by atoms with Crippen LogP contribution >= 0.6 is 11.6 Å². The van der Waals surface area contributed by atoms with E-state index in [1.54, 1.807) is 24.3 Å². The van der Waals surface area contributed by atoms with Crippen molar-refractivity contribution in [3.63, 3.8) is 0 Å². The Morgan fingerprint density at radius 1 is 1.37 bits per heavy atom. The lowest BCUT2D eigenvalue weighted by Gasteiger charge is -2.13. The molecule has 2 aliphatic rings. The maximum absolute atomic E-state index is 11.9. The lowest BCUT2D eigenvalue weighted by atomic mass is 9.94. The third-order valence-electron chi connectivity index (χ3n) is 3.12. The van der Waals surface area contributed by atoms with Gasteiger partial charge >= 0.3 is 5.97 Å². The number of benzene rings is 1. The van der Waals surface area contributed by atoms with Gasteiger partial charge in [-0.25, -0.2) is 0 Å². The molecule has 1 aromatic rings. The van der Waals surface area contributed by atoms with Gasteiger partial charge in [-0.15, -0.1) is 0 Å². The van der Waals surface area contributed by atoms with Crippen molar-refractivity contribution < 1.29 is 19.1 Å². The highest BCUT2D eigenvalue weighted by Gasteiger charge is 2.54. The maximum Gasteiger partial charge on any atom is 0.321 e. The topological polar surface area (TPSA) is 57.1 Å². The number of carbonyl (C=O) groups excluding carboxylic acids is 1. The molecule has 3 atom stereocenters. The molecule has 100 valence electrons. The first-order valence-electron chi connectivity index (χ1n) is 6.02. The molecule has 0 saturated carbocycles. The van der Waals surface area contributed by atoms with Crippen LogP contribution in [0.1, 0.15) is 12.5 Å². The van der Waals surface area contributed by atoms with Crippen LogP contribution < -0.4 is 0 Å². The third-order valence-corrected chi connectivity index (χ3v) is 3.37. The standard InChI is InChI=1S/C13H12ClNO4/c1-2-17-13-11-9(12(16)18-13)10(15-19-11)7-3-5-8(14)6-4-7/h3-6,9,11,13H,2H2,1H3/t9-,11-,13+/m1/s1. The van der Waals surface area contributed by atoms with Gasteiger partial charge in [0, 0.05) is 17.2 Å². The highest BCUT2D eigenvalue weighted by Crippen LogP contribution is 2.34. The predicted molar refractivity (Wildman–Crippen MR) is 67.9 cm³/mol. The normalized spacial score (nSPS) is 28.6. The molecule has 3 rings (SSSR count). The summed E-state index contributed by atoms with van der Waals surface area (Å²) in [7, 11) is 0. The minimum absolute atomic E-state index is 0.366. The summed E-state index contributed by atoms with van der Waals surface area (Å²) in [6.45, 7) is 2.28. The number of nitrogens with zero attached hydrogens (tertiary/aromatic N) is 1. The first-order valence-corrected chi connectivity index (χ1v) is 6.40. The predicted octanol–water partition coefficient (Wildman–Crippen LogP) is 1.98. The van der Waals surface area contributed by atoms with Crippen LogP contribution in [-0.4, -0.2) is 30.7 Å². The Morgan fingerprint density at radius 3 is 2.79 bits per heavy atom. The van der Waals surface area contributed by atoms with Crippen molar-refractivity contribution >= 4 is 23.3 Å². The molecule has 0 aliphatic carbocycles. The van der Waals surface area contributed by atoms with E-state index in [2.05, 4.69) is 5.16 Å². The van der Waals surface area contributed by atoms with Gasteiger partial charge in [-0.05, 0) is 19.1 Å². The number of cyclic esters (lactones) is 1. The lowest BCUT2D eigenvalue weighted by Crippen LogP contribution is -2.30. The molecule has 1 aromatic carbocycles. The number of hydrogen-bond donors (Lipinski definition) is 0. The zero-order chi connectivity index (χ0) is 13.4. The minimum Gasteiger partial charge on any atom is -0.431 e. The molecule has 0 radical (unpaired) electrons. The van der Waals surface area contributed by atoms with Crippen molar-refractivity contribution in [2.45, 2.75) is 19.3 Å². The zero-order valence-electron chi connectivity index (χ0n) is 10.2. The molecule has 1 fully saturated rings. The second-order valence-corrected chi connectivity index (χ2v) is 4.73. The second-order valence-electron chi connectivity index (χ2n) is 4.29. The molecule has 0 spiro atoms. The van der Waals surface area contributed by atoms with Crippen LogP contribution in [0.2, 0.25) is 5.02 Å². The Bertz CT molecular complexity index is 528. The van der Waals surface area contributed by atoms with E-state index in [1.165, 1.54) is 0 Å². The highest BCUT2D eigenvalue weighted by molar-refractivity contribution is 6.30. The van der Waals surface area contributed by atoms with E-state index in [1.807, 2.05) is 6.92 Å². The van der Waals surface area contributed by atoms with Crippen LogP contribution in [0.4, 0.5) is 0 Å². The van der Waals surface area contributed by atoms with Crippen LogP contribution in [0, 0.1) is 5.92 Å². The van der Waals surface area contributed by atoms with Crippen molar-refractivity contribution in [2.75, 3.05) is 6.61 Å². The van der Waals surface area contributed by atoms with E-state index in [0.717, 1.165) is 5.56 Å². The molecule has 5 nitrogen and oxygen atoms in total. The lowest BCUT2D eigenvalue weighted by molar-refractivity contribution is -0.177. The summed E-state index contributed by atoms with van der Waals surface area (Å²) in [5.41, 5.74) is 1.36. The Hall–Kier alpha value is -1.59. The molecule has 2 heterocycles. The molecule has 0 amide bonds. The molecule has 0 aromatic heterocycles. The van der Waals surface area contributed by atoms with Crippen LogP contribution in [0.3, 0.4) is 0 Å². The molecule has 6 heteroatoms. The second kappa shape index (κ2) is 4.83. The summed E-state index contributed by atoms with van der Waals surface area (Å²) in [5, 5.41) is 4.62. The summed E-state index contributed by atoms with van der Waals surface area (Å²) in [6.07, 6.45) is -1.19. The van der Waals surface area contributed by atoms with Gasteiger partial charge in [0.2, 0.25) is 12.4 Å². The van der Waals surface area contributed by atoms with Crippen molar-refractivity contribution in [3.05, 3.63) is 34.9 Å². The number of carbonyl (C=O) groups is 1. The van der Waals surface area contributed by atoms with Gasteiger partial charge in [-0.3, -0.25) is 4.79 Å². The van der Waals surface area contributed by atoms with Gasteiger partial charge in [-0.1, -0.05) is 28.9 Å². The first kappa shape index (κ1) is 12.4. The smallest absolute Gasteiger partial charge is 0.321 e. The van der Waals surface area contributed by atoms with Crippen molar-refractivity contribution in [1.29, 1.82) is 0 Å². The van der Waals surface area contributed by atoms with E-state index in [0.29, 0.717) is 17.3 Å². The van der Waals surface area contributed by atoms with Crippen molar-refractivity contribution in [1.82, 2.24) is 0 Å². The number of esters is 1. The molecule has 0 bridgehead atoms. The summed E-state index contributed by atoms with van der Waals surface area (Å²) in [6, 6.07) is 7.09. The monoisotopic (exact) mass is 281 g/mol. The molecule has 19 heavy (non-hydrogen) atoms. The molecule has 2 aliphatic heterocycles. The summed E-state index contributed by atoms with van der Waals surface area (Å²) in [5.74, 6) is -0.896. The summed E-state index contributed by atoms with van der Waals surface area (Å²) in [4.78, 5) is 17.2. The van der Waals surface area contributed by atoms with E-state index in [4.69, 9.17) is 25.9 Å². The van der Waals surface area contributed by atoms with E-state index in [-0.39, 0.29) is 5.97 Å². The molecular formula is C13H12ClNO4. The van der Waals surface area contributed by atoms with Crippen LogP contribution in [0.15, 0.2) is 29.4 Å². The molecule has 0 unspecified atom stereocenters. The molecular weight excluding hydrogens is 270 g/mol.